The molecule has 0 bridgehead atoms. The van der Waals surface area contributed by atoms with Gasteiger partial charge in [0.2, 0.25) is 0 Å². The number of rotatable bonds is 7. The van der Waals surface area contributed by atoms with Crippen molar-refractivity contribution in [2.45, 2.75) is 70.5 Å². The van der Waals surface area contributed by atoms with E-state index in [0.29, 0.717) is 23.7 Å². The molecular formula is C25H34ClFN4O2. The van der Waals surface area contributed by atoms with E-state index in [1.165, 1.54) is 12.1 Å². The van der Waals surface area contributed by atoms with Crippen molar-refractivity contribution in [2.75, 3.05) is 30.0 Å². The summed E-state index contributed by atoms with van der Waals surface area (Å²) in [6.45, 7) is 6.61. The minimum Gasteiger partial charge on any atom is -0.382 e. The predicted molar refractivity (Wildman–Crippen MR) is 131 cm³/mol. The van der Waals surface area contributed by atoms with E-state index in [4.69, 9.17) is 16.3 Å². The smallest absolute Gasteiger partial charge is 0.287 e. The van der Waals surface area contributed by atoms with E-state index in [0.717, 1.165) is 64.0 Å². The van der Waals surface area contributed by atoms with Crippen LogP contribution in [0.4, 0.5) is 15.8 Å². The molecule has 2 fully saturated rings. The zero-order valence-electron chi connectivity index (χ0n) is 19.5. The first-order valence-corrected chi connectivity index (χ1v) is 12.4. The Morgan fingerprint density at radius 2 is 1.94 bits per heavy atom. The van der Waals surface area contributed by atoms with E-state index in [-0.39, 0.29) is 22.4 Å². The number of anilines is 2. The van der Waals surface area contributed by atoms with Gasteiger partial charge >= 0.3 is 0 Å². The largest absolute Gasteiger partial charge is 0.382 e. The summed E-state index contributed by atoms with van der Waals surface area (Å²) < 4.78 is 20.5. The molecule has 1 aromatic heterocycles. The first-order chi connectivity index (χ1) is 15.9. The predicted octanol–water partition coefficient (Wildman–Crippen LogP) is 5.27. The van der Waals surface area contributed by atoms with Crippen molar-refractivity contribution >= 4 is 23.0 Å². The maximum Gasteiger partial charge on any atom is 0.287 e. The Morgan fingerprint density at radius 3 is 2.58 bits per heavy atom. The van der Waals surface area contributed by atoms with Crippen molar-refractivity contribution in [3.63, 3.8) is 0 Å². The van der Waals surface area contributed by atoms with Gasteiger partial charge in [0.15, 0.2) is 0 Å². The lowest BCUT2D eigenvalue weighted by atomic mass is 9.89. The number of ether oxygens (including phenoxy) is 1. The third-order valence-electron chi connectivity index (χ3n) is 6.87. The summed E-state index contributed by atoms with van der Waals surface area (Å²) in [6, 6.07) is 7.40. The van der Waals surface area contributed by atoms with Crippen LogP contribution in [-0.2, 0) is 4.74 Å². The molecule has 2 heterocycles. The molecule has 0 amide bonds. The molecular weight excluding hydrogens is 443 g/mol. The second-order valence-electron chi connectivity index (χ2n) is 9.53. The summed E-state index contributed by atoms with van der Waals surface area (Å²) in [6.07, 6.45) is 7.44. The number of hydrogen-bond acceptors (Lipinski definition) is 5. The lowest BCUT2D eigenvalue weighted by Crippen LogP contribution is -2.43. The van der Waals surface area contributed by atoms with Crippen LogP contribution in [-0.4, -0.2) is 41.6 Å². The quantitative estimate of drug-likeness (QED) is 0.589. The van der Waals surface area contributed by atoms with Gasteiger partial charge in [-0.15, -0.1) is 0 Å². The normalized spacial score (nSPS) is 23.5. The summed E-state index contributed by atoms with van der Waals surface area (Å²) in [5.74, 6) is 0.205. The number of benzene rings is 1. The van der Waals surface area contributed by atoms with Crippen molar-refractivity contribution < 1.29 is 9.13 Å². The topological polar surface area (TPSA) is 59.4 Å². The third kappa shape index (κ3) is 5.69. The van der Waals surface area contributed by atoms with Crippen LogP contribution in [0.5, 0.6) is 0 Å². The Morgan fingerprint density at radius 1 is 1.21 bits per heavy atom. The number of aromatic nitrogens is 2. The molecule has 1 N–H and O–H groups in total. The highest BCUT2D eigenvalue weighted by Crippen LogP contribution is 2.34. The van der Waals surface area contributed by atoms with E-state index in [9.17, 15) is 9.18 Å². The first kappa shape index (κ1) is 24.0. The maximum atomic E-state index is 13.4. The van der Waals surface area contributed by atoms with Gasteiger partial charge in [0, 0.05) is 30.9 Å². The molecule has 1 aliphatic carbocycles. The fourth-order valence-electron chi connectivity index (χ4n) is 5.18. The van der Waals surface area contributed by atoms with Gasteiger partial charge < -0.3 is 15.0 Å². The average Bonchev–Trinajstić information content (AvgIpc) is 2.82. The van der Waals surface area contributed by atoms with Crippen LogP contribution < -0.4 is 15.8 Å². The van der Waals surface area contributed by atoms with Crippen LogP contribution in [0.25, 0.3) is 0 Å². The Hall–Kier alpha value is -2.12. The highest BCUT2D eigenvalue weighted by atomic mass is 35.5. The van der Waals surface area contributed by atoms with Gasteiger partial charge in [0.1, 0.15) is 10.8 Å². The molecule has 2 aromatic rings. The average molecular weight is 477 g/mol. The van der Waals surface area contributed by atoms with Crippen LogP contribution >= 0.6 is 11.6 Å². The first-order valence-electron chi connectivity index (χ1n) is 12.1. The second kappa shape index (κ2) is 10.9. The summed E-state index contributed by atoms with van der Waals surface area (Å²) in [7, 11) is 0. The second-order valence-corrected chi connectivity index (χ2v) is 9.90. The summed E-state index contributed by atoms with van der Waals surface area (Å²) >= 11 is 6.44. The van der Waals surface area contributed by atoms with Gasteiger partial charge in [-0.2, -0.15) is 5.10 Å². The van der Waals surface area contributed by atoms with Crippen molar-refractivity contribution in [2.24, 2.45) is 5.92 Å². The van der Waals surface area contributed by atoms with Crippen LogP contribution in [0.2, 0.25) is 5.02 Å². The van der Waals surface area contributed by atoms with Crippen molar-refractivity contribution in [3.8, 4) is 0 Å². The number of hydrogen-bond donors (Lipinski definition) is 1. The molecule has 1 atom stereocenters. The van der Waals surface area contributed by atoms with Gasteiger partial charge in [-0.1, -0.05) is 11.6 Å². The fraction of sp³-hybridized carbons (Fsp3) is 0.600. The Balaban J connectivity index is 1.40. The summed E-state index contributed by atoms with van der Waals surface area (Å²) in [5.41, 5.74) is 1.40. The van der Waals surface area contributed by atoms with E-state index < -0.39 is 0 Å². The molecule has 0 radical (unpaired) electrons. The minimum atomic E-state index is -0.232. The molecule has 1 saturated heterocycles. The summed E-state index contributed by atoms with van der Waals surface area (Å²) in [4.78, 5) is 15.3. The SMILES string of the molecule is CC(C)N(c1ccc(F)cc1)[C@H]1CC[C@H](n2ncc(NC[C@@H]3CCCOC3)c(Cl)c2=O)CC1. The molecule has 8 heteroatoms. The third-order valence-corrected chi connectivity index (χ3v) is 7.23. The molecule has 4 rings (SSSR count). The van der Waals surface area contributed by atoms with Crippen molar-refractivity contribution in [1.82, 2.24) is 9.78 Å². The van der Waals surface area contributed by atoms with E-state index in [2.05, 4.69) is 29.2 Å². The fourth-order valence-corrected chi connectivity index (χ4v) is 5.38. The highest BCUT2D eigenvalue weighted by molar-refractivity contribution is 6.32. The molecule has 1 saturated carbocycles. The van der Waals surface area contributed by atoms with Gasteiger partial charge in [0.05, 0.1) is 24.5 Å². The van der Waals surface area contributed by atoms with E-state index in [1.54, 1.807) is 10.9 Å². The van der Waals surface area contributed by atoms with Gasteiger partial charge in [0.25, 0.3) is 5.56 Å². The van der Waals surface area contributed by atoms with Crippen LogP contribution in [0.15, 0.2) is 35.3 Å². The zero-order valence-corrected chi connectivity index (χ0v) is 20.2. The highest BCUT2D eigenvalue weighted by Gasteiger charge is 2.30. The number of halogens is 2. The summed E-state index contributed by atoms with van der Waals surface area (Å²) in [5, 5.41) is 7.97. The minimum absolute atomic E-state index is 0.0364. The number of nitrogens with one attached hydrogen (secondary N) is 1. The Kier molecular flexibility index (Phi) is 7.91. The lowest BCUT2D eigenvalue weighted by molar-refractivity contribution is 0.0595. The zero-order chi connectivity index (χ0) is 23.4. The van der Waals surface area contributed by atoms with Gasteiger partial charge in [-0.05, 0) is 82.6 Å². The van der Waals surface area contributed by atoms with Gasteiger partial charge in [-0.25, -0.2) is 9.07 Å². The lowest BCUT2D eigenvalue weighted by Gasteiger charge is -2.41. The molecule has 1 aliphatic heterocycles. The Bertz CT molecular complexity index is 967. The standard InChI is InChI=1S/C25H34ClFN4O2/c1-17(2)30(20-7-5-19(27)6-8-20)21-9-11-22(12-10-21)31-25(32)24(26)23(15-29-31)28-14-18-4-3-13-33-16-18/h5-8,15,17-18,21-22,28H,3-4,9-14,16H2,1-2H3/t18-,21-,22-/m0/s1. The Labute approximate surface area is 200 Å². The molecule has 0 spiro atoms. The van der Waals surface area contributed by atoms with Crippen LogP contribution in [0.1, 0.15) is 58.4 Å². The molecule has 6 nitrogen and oxygen atoms in total. The maximum absolute atomic E-state index is 13.4. The van der Waals surface area contributed by atoms with Crippen molar-refractivity contribution in [3.05, 3.63) is 51.7 Å². The molecule has 33 heavy (non-hydrogen) atoms. The van der Waals surface area contributed by atoms with Gasteiger partial charge in [-0.3, -0.25) is 4.79 Å². The van der Waals surface area contributed by atoms with Crippen molar-refractivity contribution in [1.29, 1.82) is 0 Å². The van der Waals surface area contributed by atoms with Crippen LogP contribution in [0, 0.1) is 11.7 Å². The van der Waals surface area contributed by atoms with Crippen LogP contribution in [0.3, 0.4) is 0 Å². The number of nitrogens with zero attached hydrogens (tertiary/aromatic N) is 3. The van der Waals surface area contributed by atoms with E-state index >= 15 is 0 Å². The molecule has 1 aromatic carbocycles. The van der Waals surface area contributed by atoms with E-state index in [1.807, 2.05) is 12.1 Å². The molecule has 2 aliphatic rings. The molecule has 180 valence electrons. The molecule has 0 unspecified atom stereocenters. The monoisotopic (exact) mass is 476 g/mol.